The average Bonchev–Trinajstić information content (AvgIpc) is 2.46. The minimum Gasteiger partial charge on any atom is -0.497 e. The molecule has 2 rings (SSSR count). The summed E-state index contributed by atoms with van der Waals surface area (Å²) in [6.07, 6.45) is 0. The largest absolute Gasteiger partial charge is 0.497 e. The Morgan fingerprint density at radius 2 is 1.95 bits per heavy atom. The first-order chi connectivity index (χ1) is 9.85. The van der Waals surface area contributed by atoms with Crippen LogP contribution < -0.4 is 10.1 Å². The van der Waals surface area contributed by atoms with Gasteiger partial charge in [0.05, 0.1) is 12.6 Å². The van der Waals surface area contributed by atoms with E-state index in [1.165, 1.54) is 0 Å². The summed E-state index contributed by atoms with van der Waals surface area (Å²) in [5.74, 6) is 1.37. The van der Waals surface area contributed by atoms with Gasteiger partial charge >= 0.3 is 0 Å². The van der Waals surface area contributed by atoms with Crippen molar-refractivity contribution in [2.24, 2.45) is 5.92 Å². The highest BCUT2D eigenvalue weighted by Crippen LogP contribution is 2.24. The van der Waals surface area contributed by atoms with Crippen molar-refractivity contribution in [3.8, 4) is 5.75 Å². The van der Waals surface area contributed by atoms with Crippen LogP contribution in [0.4, 0.5) is 0 Å². The van der Waals surface area contributed by atoms with Crippen LogP contribution in [0.5, 0.6) is 5.75 Å². The van der Waals surface area contributed by atoms with E-state index in [1.807, 2.05) is 29.2 Å². The van der Waals surface area contributed by atoms with Gasteiger partial charge in [-0.1, -0.05) is 13.8 Å². The van der Waals surface area contributed by atoms with Crippen LogP contribution in [0.15, 0.2) is 24.3 Å². The number of ether oxygens (including phenoxy) is 1. The molecule has 1 saturated heterocycles. The van der Waals surface area contributed by atoms with Gasteiger partial charge in [-0.2, -0.15) is 0 Å². The van der Waals surface area contributed by atoms with Crippen LogP contribution in [0.2, 0.25) is 0 Å². The summed E-state index contributed by atoms with van der Waals surface area (Å²) in [6, 6.07) is 7.69. The maximum absolute atomic E-state index is 12.8. The molecule has 4 heteroatoms. The number of methoxy groups -OCH3 is 1. The molecule has 1 aromatic rings. The Kier molecular flexibility index (Phi) is 4.57. The molecular weight excluding hydrogens is 264 g/mol. The van der Waals surface area contributed by atoms with Crippen molar-refractivity contribution >= 4 is 5.91 Å². The van der Waals surface area contributed by atoms with E-state index in [4.69, 9.17) is 4.74 Å². The molecule has 0 bridgehead atoms. The molecular formula is C17H26N2O2. The summed E-state index contributed by atoms with van der Waals surface area (Å²) < 4.78 is 5.15. The first-order valence-electron chi connectivity index (χ1n) is 7.54. The van der Waals surface area contributed by atoms with E-state index in [9.17, 15) is 4.79 Å². The monoisotopic (exact) mass is 290 g/mol. The van der Waals surface area contributed by atoms with Gasteiger partial charge in [-0.25, -0.2) is 0 Å². The fourth-order valence-corrected chi connectivity index (χ4v) is 2.68. The average molecular weight is 290 g/mol. The molecule has 1 aliphatic heterocycles. The molecule has 1 N–H and O–H groups in total. The zero-order valence-corrected chi connectivity index (χ0v) is 13.6. The van der Waals surface area contributed by atoms with Gasteiger partial charge in [0.2, 0.25) is 0 Å². The molecule has 1 fully saturated rings. The summed E-state index contributed by atoms with van der Waals surface area (Å²) in [5.41, 5.74) is 0.538. The highest BCUT2D eigenvalue weighted by molar-refractivity contribution is 5.95. The third kappa shape index (κ3) is 3.38. The van der Waals surface area contributed by atoms with Crippen molar-refractivity contribution in [3.05, 3.63) is 29.8 Å². The Morgan fingerprint density at radius 1 is 1.33 bits per heavy atom. The highest BCUT2D eigenvalue weighted by atomic mass is 16.5. The molecule has 0 spiro atoms. The SMILES string of the molecule is COc1ccc(C(=O)N2CC(C(C)C)NCC2(C)C)cc1. The number of carbonyl (C=O) groups is 1. The smallest absolute Gasteiger partial charge is 0.254 e. The molecule has 0 saturated carbocycles. The lowest BCUT2D eigenvalue weighted by molar-refractivity contribution is 0.0353. The summed E-state index contributed by atoms with van der Waals surface area (Å²) in [7, 11) is 1.63. The standard InChI is InChI=1S/C17H26N2O2/c1-12(2)15-10-19(17(3,4)11-18-15)16(20)13-6-8-14(21-5)9-7-13/h6-9,12,15,18H,10-11H2,1-5H3. The Labute approximate surface area is 127 Å². The van der Waals surface area contributed by atoms with Gasteiger partial charge in [0.25, 0.3) is 5.91 Å². The van der Waals surface area contributed by atoms with Crippen LogP contribution in [-0.4, -0.2) is 42.6 Å². The van der Waals surface area contributed by atoms with Crippen molar-refractivity contribution in [2.75, 3.05) is 20.2 Å². The zero-order chi connectivity index (χ0) is 15.6. The van der Waals surface area contributed by atoms with E-state index in [2.05, 4.69) is 33.0 Å². The molecule has 1 amide bonds. The fraction of sp³-hybridized carbons (Fsp3) is 0.588. The first-order valence-corrected chi connectivity index (χ1v) is 7.54. The highest BCUT2D eigenvalue weighted by Gasteiger charge is 2.38. The van der Waals surface area contributed by atoms with Gasteiger partial charge in [-0.05, 0) is 44.0 Å². The number of hydrogen-bond donors (Lipinski definition) is 1. The van der Waals surface area contributed by atoms with Gasteiger partial charge in [-0.15, -0.1) is 0 Å². The van der Waals surface area contributed by atoms with E-state index in [-0.39, 0.29) is 11.4 Å². The van der Waals surface area contributed by atoms with Gasteiger partial charge in [0.15, 0.2) is 0 Å². The summed E-state index contributed by atoms with van der Waals surface area (Å²) in [6.45, 7) is 10.2. The van der Waals surface area contributed by atoms with Crippen molar-refractivity contribution in [1.82, 2.24) is 10.2 Å². The molecule has 1 atom stereocenters. The Bertz CT molecular complexity index is 494. The van der Waals surface area contributed by atoms with Gasteiger partial charge in [-0.3, -0.25) is 4.79 Å². The topological polar surface area (TPSA) is 41.6 Å². The maximum atomic E-state index is 12.8. The van der Waals surface area contributed by atoms with Crippen LogP contribution in [0.25, 0.3) is 0 Å². The number of hydrogen-bond acceptors (Lipinski definition) is 3. The number of rotatable bonds is 3. The van der Waals surface area contributed by atoms with Crippen LogP contribution in [-0.2, 0) is 0 Å². The van der Waals surface area contributed by atoms with Crippen molar-refractivity contribution < 1.29 is 9.53 Å². The van der Waals surface area contributed by atoms with E-state index < -0.39 is 0 Å². The van der Waals surface area contributed by atoms with Crippen molar-refractivity contribution in [3.63, 3.8) is 0 Å². The lowest BCUT2D eigenvalue weighted by Crippen LogP contribution is -2.64. The van der Waals surface area contributed by atoms with Gasteiger partial charge < -0.3 is 15.0 Å². The summed E-state index contributed by atoms with van der Waals surface area (Å²) in [4.78, 5) is 14.8. The van der Waals surface area contributed by atoms with Gasteiger partial charge in [0, 0.05) is 24.7 Å². The normalized spacial score (nSPS) is 21.4. The zero-order valence-electron chi connectivity index (χ0n) is 13.6. The third-order valence-electron chi connectivity index (χ3n) is 4.29. The second-order valence-electron chi connectivity index (χ2n) is 6.69. The van der Waals surface area contributed by atoms with E-state index >= 15 is 0 Å². The lowest BCUT2D eigenvalue weighted by Gasteiger charge is -2.47. The van der Waals surface area contributed by atoms with E-state index in [1.54, 1.807) is 7.11 Å². The molecule has 0 aromatic heterocycles. The van der Waals surface area contributed by atoms with Gasteiger partial charge in [0.1, 0.15) is 5.75 Å². The molecule has 1 aromatic carbocycles. The molecule has 1 aliphatic rings. The van der Waals surface area contributed by atoms with Crippen molar-refractivity contribution in [1.29, 1.82) is 0 Å². The molecule has 21 heavy (non-hydrogen) atoms. The third-order valence-corrected chi connectivity index (χ3v) is 4.29. The number of nitrogens with one attached hydrogen (secondary N) is 1. The second-order valence-corrected chi connectivity index (χ2v) is 6.69. The molecule has 4 nitrogen and oxygen atoms in total. The van der Waals surface area contributed by atoms with Crippen LogP contribution in [0.3, 0.4) is 0 Å². The maximum Gasteiger partial charge on any atom is 0.254 e. The molecule has 1 unspecified atom stereocenters. The van der Waals surface area contributed by atoms with E-state index in [0.717, 1.165) is 18.8 Å². The minimum absolute atomic E-state index is 0.0924. The molecule has 1 heterocycles. The fourth-order valence-electron chi connectivity index (χ4n) is 2.68. The second kappa shape index (κ2) is 6.06. The first kappa shape index (κ1) is 15.8. The van der Waals surface area contributed by atoms with Crippen LogP contribution >= 0.6 is 0 Å². The molecule has 116 valence electrons. The number of piperazine rings is 1. The van der Waals surface area contributed by atoms with E-state index in [0.29, 0.717) is 17.5 Å². The number of carbonyl (C=O) groups excluding carboxylic acids is 1. The minimum atomic E-state index is -0.178. The quantitative estimate of drug-likeness (QED) is 0.930. The number of nitrogens with zero attached hydrogens (tertiary/aromatic N) is 1. The number of amides is 1. The molecule has 0 radical (unpaired) electrons. The van der Waals surface area contributed by atoms with Crippen LogP contribution in [0.1, 0.15) is 38.1 Å². The Morgan fingerprint density at radius 3 is 2.48 bits per heavy atom. The summed E-state index contributed by atoms with van der Waals surface area (Å²) in [5, 5.41) is 3.55. The predicted octanol–water partition coefficient (Wildman–Crippen LogP) is 2.54. The Balaban J connectivity index is 2.21. The molecule has 0 aliphatic carbocycles. The predicted molar refractivity (Wildman–Crippen MR) is 84.7 cm³/mol. The number of benzene rings is 1. The lowest BCUT2D eigenvalue weighted by atomic mass is 9.92. The van der Waals surface area contributed by atoms with Crippen molar-refractivity contribution in [2.45, 2.75) is 39.3 Å². The summed E-state index contributed by atoms with van der Waals surface area (Å²) >= 11 is 0. The van der Waals surface area contributed by atoms with Crippen LogP contribution in [0, 0.1) is 5.92 Å². The Hall–Kier alpha value is -1.55.